The molecule has 1 aliphatic heterocycles. The Labute approximate surface area is 160 Å². The van der Waals surface area contributed by atoms with Crippen molar-refractivity contribution in [1.82, 2.24) is 15.2 Å². The first-order valence-electron chi connectivity index (χ1n) is 8.67. The zero-order valence-electron chi connectivity index (χ0n) is 15.1. The number of carbonyl (C=O) groups is 2. The van der Waals surface area contributed by atoms with E-state index in [1.165, 1.54) is 23.5 Å². The number of non-ortho nitro benzene ring substituents is 1. The van der Waals surface area contributed by atoms with E-state index in [0.717, 1.165) is 6.42 Å². The lowest BCUT2D eigenvalue weighted by Gasteiger charge is -2.43. The molecule has 2 amide bonds. The van der Waals surface area contributed by atoms with Crippen molar-refractivity contribution >= 4 is 28.8 Å². The lowest BCUT2D eigenvalue weighted by Crippen LogP contribution is -2.64. The molecule has 1 fully saturated rings. The molecule has 0 spiro atoms. The highest BCUT2D eigenvalue weighted by Crippen LogP contribution is 2.29. The molecule has 0 saturated carbocycles. The second-order valence-electron chi connectivity index (χ2n) is 6.58. The monoisotopic (exact) mass is 388 g/mol. The third-order valence-corrected chi connectivity index (χ3v) is 5.63. The summed E-state index contributed by atoms with van der Waals surface area (Å²) in [4.78, 5) is 41.7. The first kappa shape index (κ1) is 19.0. The second kappa shape index (κ2) is 7.43. The fraction of sp³-hybridized carbons (Fsp3) is 0.389. The molecule has 0 bridgehead atoms. The van der Waals surface area contributed by atoms with E-state index in [-0.39, 0.29) is 23.2 Å². The van der Waals surface area contributed by atoms with Gasteiger partial charge in [0, 0.05) is 36.2 Å². The molecule has 1 aromatic carbocycles. The van der Waals surface area contributed by atoms with Crippen molar-refractivity contribution in [3.8, 4) is 10.6 Å². The third-order valence-electron chi connectivity index (χ3n) is 4.74. The smallest absolute Gasteiger partial charge is 0.274 e. The summed E-state index contributed by atoms with van der Waals surface area (Å²) in [6.45, 7) is 4.62. The van der Waals surface area contributed by atoms with Crippen LogP contribution in [0.25, 0.3) is 10.6 Å². The van der Waals surface area contributed by atoms with Gasteiger partial charge in [0.2, 0.25) is 5.91 Å². The number of nitro benzene ring substituents is 1. The van der Waals surface area contributed by atoms with Gasteiger partial charge in [-0.25, -0.2) is 4.98 Å². The number of hydrogen-bond acceptors (Lipinski definition) is 6. The van der Waals surface area contributed by atoms with Gasteiger partial charge in [0.15, 0.2) is 0 Å². The second-order valence-corrected chi connectivity index (χ2v) is 7.44. The molecule has 0 aliphatic carbocycles. The molecule has 1 N–H and O–H groups in total. The minimum Gasteiger partial charge on any atom is -0.352 e. The Balaban J connectivity index is 1.85. The number of nitrogens with zero attached hydrogens (tertiary/aromatic N) is 3. The van der Waals surface area contributed by atoms with Crippen LogP contribution in [-0.2, 0) is 4.79 Å². The molecule has 3 rings (SSSR count). The van der Waals surface area contributed by atoms with Gasteiger partial charge in [-0.2, -0.15) is 0 Å². The molecule has 1 unspecified atom stereocenters. The number of benzene rings is 1. The van der Waals surface area contributed by atoms with Crippen molar-refractivity contribution in [2.75, 3.05) is 13.1 Å². The molecule has 142 valence electrons. The maximum Gasteiger partial charge on any atom is 0.274 e. The summed E-state index contributed by atoms with van der Waals surface area (Å²) in [5, 5.41) is 15.9. The molecule has 2 heterocycles. The lowest BCUT2D eigenvalue weighted by molar-refractivity contribution is -0.384. The van der Waals surface area contributed by atoms with Gasteiger partial charge in [0.05, 0.1) is 4.92 Å². The predicted molar refractivity (Wildman–Crippen MR) is 102 cm³/mol. The quantitative estimate of drug-likeness (QED) is 0.626. The summed E-state index contributed by atoms with van der Waals surface area (Å²) < 4.78 is 0. The average molecular weight is 388 g/mol. The van der Waals surface area contributed by atoms with Gasteiger partial charge in [0.25, 0.3) is 11.6 Å². The summed E-state index contributed by atoms with van der Waals surface area (Å²) in [5.41, 5.74) is 0.102. The van der Waals surface area contributed by atoms with Crippen LogP contribution < -0.4 is 5.32 Å². The molecule has 1 aromatic heterocycles. The van der Waals surface area contributed by atoms with Crippen LogP contribution in [0.3, 0.4) is 0 Å². The zero-order valence-corrected chi connectivity index (χ0v) is 15.9. The minimum atomic E-state index is -0.888. The number of rotatable bonds is 5. The summed E-state index contributed by atoms with van der Waals surface area (Å²) in [6.07, 6.45) is 1.35. The van der Waals surface area contributed by atoms with Crippen LogP contribution in [0.1, 0.15) is 37.2 Å². The van der Waals surface area contributed by atoms with Crippen LogP contribution in [-0.4, -0.2) is 45.2 Å². The summed E-state index contributed by atoms with van der Waals surface area (Å²) in [7, 11) is 0. The average Bonchev–Trinajstić information content (AvgIpc) is 3.14. The zero-order chi connectivity index (χ0) is 19.6. The van der Waals surface area contributed by atoms with Crippen molar-refractivity contribution in [2.24, 2.45) is 0 Å². The highest BCUT2D eigenvalue weighted by atomic mass is 32.1. The Hall–Kier alpha value is -2.81. The number of hydrogen-bond donors (Lipinski definition) is 1. The molecule has 1 atom stereocenters. The fourth-order valence-corrected chi connectivity index (χ4v) is 4.07. The van der Waals surface area contributed by atoms with Gasteiger partial charge in [-0.1, -0.05) is 13.3 Å². The Bertz CT molecular complexity index is 880. The highest BCUT2D eigenvalue weighted by molar-refractivity contribution is 7.13. The molecule has 1 saturated heterocycles. The number of aromatic nitrogens is 1. The van der Waals surface area contributed by atoms with Crippen LogP contribution in [0.5, 0.6) is 0 Å². The fourth-order valence-electron chi connectivity index (χ4n) is 3.27. The van der Waals surface area contributed by atoms with Crippen molar-refractivity contribution in [3.63, 3.8) is 0 Å². The van der Waals surface area contributed by atoms with Gasteiger partial charge in [-0.05, 0) is 25.5 Å². The molecule has 27 heavy (non-hydrogen) atoms. The number of nitrogens with one attached hydrogen (secondary N) is 1. The van der Waals surface area contributed by atoms with E-state index in [1.54, 1.807) is 29.3 Å². The van der Waals surface area contributed by atoms with Crippen molar-refractivity contribution in [1.29, 1.82) is 0 Å². The molecule has 9 heteroatoms. The first-order chi connectivity index (χ1) is 12.9. The van der Waals surface area contributed by atoms with Gasteiger partial charge in [-0.15, -0.1) is 11.3 Å². The molecule has 0 radical (unpaired) electrons. The van der Waals surface area contributed by atoms with Crippen LogP contribution in [0.2, 0.25) is 0 Å². The van der Waals surface area contributed by atoms with Gasteiger partial charge in [0.1, 0.15) is 16.2 Å². The first-order valence-corrected chi connectivity index (χ1v) is 9.55. The Morgan fingerprint density at radius 2 is 2.11 bits per heavy atom. The van der Waals surface area contributed by atoms with Crippen molar-refractivity contribution in [2.45, 2.75) is 32.2 Å². The Kier molecular flexibility index (Phi) is 5.22. The van der Waals surface area contributed by atoms with Gasteiger partial charge < -0.3 is 10.2 Å². The number of thiazole rings is 1. The number of nitro groups is 1. The number of piperazine rings is 1. The molecular formula is C18H20N4O4S. The predicted octanol–water partition coefficient (Wildman–Crippen LogP) is 2.85. The topological polar surface area (TPSA) is 105 Å². The molecule has 1 aliphatic rings. The maximum atomic E-state index is 13.0. The van der Waals surface area contributed by atoms with E-state index in [9.17, 15) is 19.7 Å². The lowest BCUT2D eigenvalue weighted by atomic mass is 9.90. The summed E-state index contributed by atoms with van der Waals surface area (Å²) >= 11 is 1.29. The van der Waals surface area contributed by atoms with Crippen LogP contribution in [0, 0.1) is 10.1 Å². The standard InChI is InChI=1S/C18H20N4O4S/c1-3-8-18(2)17(24)19-9-10-21(18)16(23)14-11-27-15(20-14)12-4-6-13(7-5-12)22(25)26/h4-7,11H,3,8-10H2,1-2H3,(H,19,24). The summed E-state index contributed by atoms with van der Waals surface area (Å²) in [6, 6.07) is 6.04. The number of amides is 2. The largest absolute Gasteiger partial charge is 0.352 e. The van der Waals surface area contributed by atoms with Gasteiger partial charge >= 0.3 is 0 Å². The van der Waals surface area contributed by atoms with E-state index in [2.05, 4.69) is 10.3 Å². The highest BCUT2D eigenvalue weighted by Gasteiger charge is 2.44. The maximum absolute atomic E-state index is 13.0. The number of carbonyl (C=O) groups excluding carboxylic acids is 2. The van der Waals surface area contributed by atoms with E-state index in [0.29, 0.717) is 30.1 Å². The van der Waals surface area contributed by atoms with Gasteiger partial charge in [-0.3, -0.25) is 19.7 Å². The summed E-state index contributed by atoms with van der Waals surface area (Å²) in [5.74, 6) is -0.417. The molecule has 8 nitrogen and oxygen atoms in total. The van der Waals surface area contributed by atoms with Crippen LogP contribution >= 0.6 is 11.3 Å². The minimum absolute atomic E-state index is 0.00117. The molecule has 2 aromatic rings. The van der Waals surface area contributed by atoms with E-state index in [4.69, 9.17) is 0 Å². The SMILES string of the molecule is CCCC1(C)C(=O)NCCN1C(=O)c1csc(-c2ccc([N+](=O)[O-])cc2)n1. The van der Waals surface area contributed by atoms with E-state index >= 15 is 0 Å². The third kappa shape index (κ3) is 3.55. The van der Waals surface area contributed by atoms with Crippen LogP contribution in [0.4, 0.5) is 5.69 Å². The molecular weight excluding hydrogens is 368 g/mol. The Morgan fingerprint density at radius 1 is 1.41 bits per heavy atom. The normalized spacial score (nSPS) is 19.6. The van der Waals surface area contributed by atoms with Crippen LogP contribution in [0.15, 0.2) is 29.6 Å². The van der Waals surface area contributed by atoms with Crippen molar-refractivity contribution in [3.05, 3.63) is 45.5 Å². The van der Waals surface area contributed by atoms with Crippen molar-refractivity contribution < 1.29 is 14.5 Å². The van der Waals surface area contributed by atoms with E-state index < -0.39 is 10.5 Å². The Morgan fingerprint density at radius 3 is 2.74 bits per heavy atom. The van der Waals surface area contributed by atoms with E-state index in [1.807, 2.05) is 6.92 Å².